The van der Waals surface area contributed by atoms with Crippen molar-refractivity contribution in [2.75, 3.05) is 46.4 Å². The van der Waals surface area contributed by atoms with E-state index in [9.17, 15) is 23.9 Å². The van der Waals surface area contributed by atoms with Crippen molar-refractivity contribution in [3.8, 4) is 11.5 Å². The van der Waals surface area contributed by atoms with Gasteiger partial charge in [0.25, 0.3) is 5.91 Å². The standard InChI is InChI=1S/C29H32FN5O5/c1-17(36)33-10-7-32(8-11-33)9-12-34-27(38)29(2)16-21-20-14-24(40-3)22(30)15-23(20)31-25(21)26(35(29)28(34)39)18-5-4-6-19(37)13-18/h4-6,13-15,26,31,37H,7-12,16H2,1-3H3/t26-,29+/m1/s1. The first-order valence-electron chi connectivity index (χ1n) is 13.4. The monoisotopic (exact) mass is 549 g/mol. The van der Waals surface area contributed by atoms with E-state index in [2.05, 4.69) is 9.88 Å². The molecular weight excluding hydrogens is 517 g/mol. The fraction of sp³-hybridized carbons (Fsp3) is 0.414. The predicted molar refractivity (Wildman–Crippen MR) is 145 cm³/mol. The largest absolute Gasteiger partial charge is 0.508 e. The SMILES string of the molecule is COc1cc2c3c([nH]c2cc1F)[C@@H](c1cccc(O)c1)N1C(=O)N(CCN2CCN(C(C)=O)CC2)C(=O)[C@]1(C)C3. The molecule has 1 aromatic heterocycles. The number of fused-ring (bicyclic) bond motifs is 4. The number of phenolic OH excluding ortho intramolecular Hbond substituents is 1. The number of carbonyl (C=O) groups excluding carboxylic acids is 3. The number of benzene rings is 2. The van der Waals surface area contributed by atoms with Gasteiger partial charge in [0.15, 0.2) is 11.6 Å². The number of ether oxygens (including phenoxy) is 1. The van der Waals surface area contributed by atoms with Crippen LogP contribution in [-0.4, -0.2) is 99.5 Å². The molecule has 2 saturated heterocycles. The Balaban J connectivity index is 1.37. The van der Waals surface area contributed by atoms with Gasteiger partial charge in [0.2, 0.25) is 5.91 Å². The highest BCUT2D eigenvalue weighted by Crippen LogP contribution is 2.49. The number of imide groups is 1. The highest BCUT2D eigenvalue weighted by Gasteiger charge is 2.60. The number of H-pyrrole nitrogens is 1. The van der Waals surface area contributed by atoms with E-state index in [0.717, 1.165) is 10.9 Å². The van der Waals surface area contributed by atoms with Crippen LogP contribution in [0.3, 0.4) is 0 Å². The van der Waals surface area contributed by atoms with Crippen LogP contribution in [0.1, 0.15) is 36.7 Å². The molecule has 2 fully saturated rings. The van der Waals surface area contributed by atoms with Gasteiger partial charge in [-0.15, -0.1) is 0 Å². The molecule has 0 radical (unpaired) electrons. The minimum Gasteiger partial charge on any atom is -0.508 e. The van der Waals surface area contributed by atoms with Crippen molar-refractivity contribution < 1.29 is 28.6 Å². The van der Waals surface area contributed by atoms with Crippen molar-refractivity contribution in [3.63, 3.8) is 0 Å². The van der Waals surface area contributed by atoms with Gasteiger partial charge < -0.3 is 19.7 Å². The third kappa shape index (κ3) is 3.98. The maximum absolute atomic E-state index is 14.6. The van der Waals surface area contributed by atoms with Crippen LogP contribution in [0.2, 0.25) is 0 Å². The number of carbonyl (C=O) groups is 3. The molecule has 11 heteroatoms. The van der Waals surface area contributed by atoms with E-state index in [-0.39, 0.29) is 36.3 Å². The summed E-state index contributed by atoms with van der Waals surface area (Å²) < 4.78 is 19.8. The molecule has 4 heterocycles. The summed E-state index contributed by atoms with van der Waals surface area (Å²) in [6.07, 6.45) is 0.241. The number of nitrogens with one attached hydrogen (secondary N) is 1. The number of amides is 4. The molecule has 3 aliphatic rings. The van der Waals surface area contributed by atoms with Crippen molar-refractivity contribution >= 4 is 28.7 Å². The maximum atomic E-state index is 14.6. The quantitative estimate of drug-likeness (QED) is 0.474. The predicted octanol–water partition coefficient (Wildman–Crippen LogP) is 2.85. The minimum absolute atomic E-state index is 0.0367. The van der Waals surface area contributed by atoms with E-state index >= 15 is 0 Å². The molecule has 2 atom stereocenters. The summed E-state index contributed by atoms with van der Waals surface area (Å²) in [7, 11) is 1.40. The average molecular weight is 550 g/mol. The van der Waals surface area contributed by atoms with E-state index in [4.69, 9.17) is 4.74 Å². The fourth-order valence-corrected chi connectivity index (χ4v) is 6.44. The van der Waals surface area contributed by atoms with Gasteiger partial charge in [-0.25, -0.2) is 9.18 Å². The second-order valence-electron chi connectivity index (χ2n) is 11.0. The Kier molecular flexibility index (Phi) is 6.21. The van der Waals surface area contributed by atoms with Crippen LogP contribution in [0.5, 0.6) is 11.5 Å². The topological polar surface area (TPSA) is 109 Å². The first kappa shape index (κ1) is 26.1. The molecule has 0 spiro atoms. The molecule has 40 heavy (non-hydrogen) atoms. The van der Waals surface area contributed by atoms with Crippen LogP contribution >= 0.6 is 0 Å². The first-order valence-corrected chi connectivity index (χ1v) is 13.4. The molecule has 10 nitrogen and oxygen atoms in total. The summed E-state index contributed by atoms with van der Waals surface area (Å²) in [4.78, 5) is 49.9. The van der Waals surface area contributed by atoms with Crippen LogP contribution in [-0.2, 0) is 16.0 Å². The summed E-state index contributed by atoms with van der Waals surface area (Å²) in [6, 6.07) is 8.51. The Labute approximate surface area is 230 Å². The van der Waals surface area contributed by atoms with Gasteiger partial charge in [0.05, 0.1) is 7.11 Å². The molecule has 4 amide bonds. The van der Waals surface area contributed by atoms with Gasteiger partial charge in [-0.05, 0) is 36.2 Å². The third-order valence-electron chi connectivity index (χ3n) is 8.58. The lowest BCUT2D eigenvalue weighted by atomic mass is 9.81. The molecule has 0 aliphatic carbocycles. The lowest BCUT2D eigenvalue weighted by Crippen LogP contribution is -2.53. The third-order valence-corrected chi connectivity index (χ3v) is 8.58. The van der Waals surface area contributed by atoms with Crippen molar-refractivity contribution in [2.24, 2.45) is 0 Å². The normalized spacial score (nSPS) is 23.1. The van der Waals surface area contributed by atoms with Crippen LogP contribution < -0.4 is 4.74 Å². The summed E-state index contributed by atoms with van der Waals surface area (Å²) >= 11 is 0. The Morgan fingerprint density at radius 3 is 2.58 bits per heavy atom. The Bertz CT molecular complexity index is 1530. The van der Waals surface area contributed by atoms with Crippen LogP contribution in [0, 0.1) is 5.82 Å². The van der Waals surface area contributed by atoms with Gasteiger partial charge in [-0.1, -0.05) is 12.1 Å². The number of aromatic hydroxyl groups is 1. The summed E-state index contributed by atoms with van der Waals surface area (Å²) in [5.41, 5.74) is 1.47. The Hall–Kier alpha value is -4.12. The van der Waals surface area contributed by atoms with Crippen molar-refractivity contribution in [3.05, 3.63) is 59.0 Å². The molecule has 2 aromatic carbocycles. The lowest BCUT2D eigenvalue weighted by Gasteiger charge is -2.42. The van der Waals surface area contributed by atoms with E-state index in [1.165, 1.54) is 18.1 Å². The van der Waals surface area contributed by atoms with Gasteiger partial charge >= 0.3 is 6.03 Å². The minimum atomic E-state index is -1.19. The van der Waals surface area contributed by atoms with E-state index in [1.807, 2.05) is 6.07 Å². The highest BCUT2D eigenvalue weighted by molar-refractivity contribution is 6.08. The molecule has 0 saturated carbocycles. The number of aromatic amines is 1. The Morgan fingerprint density at radius 1 is 1.15 bits per heavy atom. The van der Waals surface area contributed by atoms with E-state index < -0.39 is 23.4 Å². The molecular formula is C29H32FN5O5. The number of urea groups is 1. The molecule has 210 valence electrons. The number of aromatic nitrogens is 1. The average Bonchev–Trinajstić information content (AvgIpc) is 3.36. The summed E-state index contributed by atoms with van der Waals surface area (Å²) in [5.74, 6) is -0.634. The summed E-state index contributed by atoms with van der Waals surface area (Å²) in [5, 5.41) is 11.0. The highest BCUT2D eigenvalue weighted by atomic mass is 19.1. The van der Waals surface area contributed by atoms with Crippen molar-refractivity contribution in [1.82, 2.24) is 24.6 Å². The smallest absolute Gasteiger partial charge is 0.328 e. The first-order chi connectivity index (χ1) is 19.1. The number of piperazine rings is 1. The zero-order valence-corrected chi connectivity index (χ0v) is 22.7. The van der Waals surface area contributed by atoms with Gasteiger partial charge in [0, 0.05) is 75.3 Å². The molecule has 0 unspecified atom stereocenters. The fourth-order valence-electron chi connectivity index (χ4n) is 6.44. The summed E-state index contributed by atoms with van der Waals surface area (Å²) in [6.45, 7) is 6.66. The van der Waals surface area contributed by atoms with Gasteiger partial charge in [-0.2, -0.15) is 0 Å². The number of rotatable bonds is 5. The molecule has 3 aromatic rings. The van der Waals surface area contributed by atoms with E-state index in [1.54, 1.807) is 47.9 Å². The molecule has 2 N–H and O–H groups in total. The second kappa shape index (κ2) is 9.51. The molecule has 0 bridgehead atoms. The Morgan fingerprint density at radius 2 is 1.90 bits per heavy atom. The van der Waals surface area contributed by atoms with Crippen LogP contribution in [0.25, 0.3) is 10.9 Å². The van der Waals surface area contributed by atoms with Gasteiger partial charge in [0.1, 0.15) is 17.3 Å². The number of phenols is 1. The number of halogens is 1. The van der Waals surface area contributed by atoms with Crippen molar-refractivity contribution in [1.29, 1.82) is 0 Å². The zero-order chi connectivity index (χ0) is 28.3. The van der Waals surface area contributed by atoms with E-state index in [0.29, 0.717) is 49.5 Å². The molecule has 3 aliphatic heterocycles. The van der Waals surface area contributed by atoms with Crippen LogP contribution in [0.15, 0.2) is 36.4 Å². The van der Waals surface area contributed by atoms with Crippen LogP contribution in [0.4, 0.5) is 9.18 Å². The number of nitrogens with zero attached hydrogens (tertiary/aromatic N) is 4. The maximum Gasteiger partial charge on any atom is 0.328 e. The lowest BCUT2D eigenvalue weighted by molar-refractivity contribution is -0.133. The van der Waals surface area contributed by atoms with Crippen molar-refractivity contribution in [2.45, 2.75) is 31.8 Å². The zero-order valence-electron chi connectivity index (χ0n) is 22.7. The van der Waals surface area contributed by atoms with Gasteiger partial charge in [-0.3, -0.25) is 24.3 Å². The number of hydrogen-bond acceptors (Lipinski definition) is 6. The number of hydrogen-bond donors (Lipinski definition) is 2. The number of methoxy groups -OCH3 is 1. The second-order valence-corrected chi connectivity index (χ2v) is 11.0. The molecule has 6 rings (SSSR count).